The second-order valence-corrected chi connectivity index (χ2v) is 30.2. The van der Waals surface area contributed by atoms with Gasteiger partial charge in [0.1, 0.15) is 0 Å². The van der Waals surface area contributed by atoms with E-state index in [1.807, 2.05) is 0 Å². The van der Waals surface area contributed by atoms with Crippen LogP contribution in [0, 0.1) is 0 Å². The van der Waals surface area contributed by atoms with Crippen LogP contribution in [0.1, 0.15) is 0 Å². The summed E-state index contributed by atoms with van der Waals surface area (Å²) < 4.78 is 9.83. The van der Waals surface area contributed by atoms with Crippen molar-refractivity contribution >= 4 is 152 Å². The molecule has 0 atom stereocenters. The zero-order chi connectivity index (χ0) is 73.2. The smallest absolute Gasteiger partial charge is 0.0541 e. The summed E-state index contributed by atoms with van der Waals surface area (Å²) in [7, 11) is 0. The maximum Gasteiger partial charge on any atom is 0.0541 e. The van der Waals surface area contributed by atoms with Gasteiger partial charge in [0.05, 0.1) is 44.1 Å². The van der Waals surface area contributed by atoms with E-state index in [4.69, 9.17) is 0 Å². The molecule has 24 aromatic rings. The highest BCUT2D eigenvalue weighted by atomic mass is 15.0. The van der Waals surface area contributed by atoms with E-state index in [0.717, 1.165) is 61.6 Å². The molecule has 518 valence electrons. The molecule has 0 N–H and O–H groups in total. The summed E-state index contributed by atoms with van der Waals surface area (Å²) in [6.07, 6.45) is 0. The summed E-state index contributed by atoms with van der Waals surface area (Å²) in [5, 5.41) is 25.1. The van der Waals surface area contributed by atoms with Crippen molar-refractivity contribution in [3.05, 3.63) is 400 Å². The van der Waals surface area contributed by atoms with Crippen LogP contribution in [0.25, 0.3) is 230 Å². The number of hydrogen-bond donors (Lipinski definition) is 0. The molecule has 0 saturated heterocycles. The Hall–Kier alpha value is -14.8. The summed E-state index contributed by atoms with van der Waals surface area (Å²) in [6, 6.07) is 149. The summed E-state index contributed by atoms with van der Waals surface area (Å²) in [4.78, 5) is 0. The van der Waals surface area contributed by atoms with Crippen LogP contribution in [0.3, 0.4) is 0 Å². The number of para-hydroxylation sites is 4. The van der Waals surface area contributed by atoms with Crippen LogP contribution in [0.2, 0.25) is 0 Å². The van der Waals surface area contributed by atoms with Gasteiger partial charge in [-0.25, -0.2) is 0 Å². The van der Waals surface area contributed by atoms with E-state index in [-0.39, 0.29) is 0 Å². The minimum atomic E-state index is 1.11. The molecule has 4 heterocycles. The molecular formula is C108H66N4. The molecule has 24 rings (SSSR count). The predicted octanol–water partition coefficient (Wildman–Crippen LogP) is 29.3. The van der Waals surface area contributed by atoms with Crippen LogP contribution < -0.4 is 0 Å². The summed E-state index contributed by atoms with van der Waals surface area (Å²) in [6.45, 7) is 0. The highest BCUT2D eigenvalue weighted by Gasteiger charge is 2.23. The Kier molecular flexibility index (Phi) is 13.5. The number of fused-ring (bicyclic) bond motifs is 24. The molecule has 0 aliphatic rings. The second kappa shape index (κ2) is 24.3. The Balaban J connectivity index is 0.580. The lowest BCUT2D eigenvalue weighted by atomic mass is 9.93. The minimum Gasteiger partial charge on any atom is -0.309 e. The monoisotopic (exact) mass is 1420 g/mol. The van der Waals surface area contributed by atoms with Gasteiger partial charge in [0.15, 0.2) is 0 Å². The van der Waals surface area contributed by atoms with E-state index in [2.05, 4.69) is 419 Å². The third-order valence-electron chi connectivity index (χ3n) is 24.2. The van der Waals surface area contributed by atoms with E-state index in [0.29, 0.717) is 0 Å². The highest BCUT2D eigenvalue weighted by molar-refractivity contribution is 6.28. The molecule has 4 aromatic heterocycles. The summed E-state index contributed by atoms with van der Waals surface area (Å²) in [5.74, 6) is 0. The van der Waals surface area contributed by atoms with E-state index in [1.54, 1.807) is 0 Å². The van der Waals surface area contributed by atoms with Crippen LogP contribution >= 0.6 is 0 Å². The third kappa shape index (κ3) is 9.43. The Morgan fingerprint density at radius 1 is 0.0982 bits per heavy atom. The van der Waals surface area contributed by atoms with E-state index < -0.39 is 0 Å². The summed E-state index contributed by atoms with van der Waals surface area (Å²) in [5.41, 5.74) is 25.6. The molecule has 0 radical (unpaired) electrons. The van der Waals surface area contributed by atoms with Gasteiger partial charge < -0.3 is 18.3 Å². The number of hydrogen-bond acceptors (Lipinski definition) is 0. The van der Waals surface area contributed by atoms with Gasteiger partial charge in [0.25, 0.3) is 0 Å². The lowest BCUT2D eigenvalue weighted by Crippen LogP contribution is -1.95. The molecule has 0 saturated carbocycles. The Morgan fingerprint density at radius 3 is 0.634 bits per heavy atom. The molecule has 0 spiro atoms. The second-order valence-electron chi connectivity index (χ2n) is 30.2. The van der Waals surface area contributed by atoms with Gasteiger partial charge in [0, 0.05) is 65.8 Å². The van der Waals surface area contributed by atoms with Crippen molar-refractivity contribution in [2.75, 3.05) is 0 Å². The first-order valence-electron chi connectivity index (χ1n) is 38.8. The predicted molar refractivity (Wildman–Crippen MR) is 476 cm³/mol. The first kappa shape index (κ1) is 62.2. The van der Waals surface area contributed by atoms with E-state index in [1.165, 1.54) is 169 Å². The maximum atomic E-state index is 2.46. The Morgan fingerprint density at radius 2 is 0.321 bits per heavy atom. The normalized spacial score (nSPS) is 12.1. The number of aromatic nitrogens is 4. The fraction of sp³-hybridized carbons (Fsp3) is 0. The molecule has 0 aliphatic carbocycles. The molecule has 0 aliphatic heterocycles. The average Bonchev–Trinajstić information content (AvgIpc) is 1.30. The van der Waals surface area contributed by atoms with Gasteiger partial charge in [-0.3, -0.25) is 0 Å². The number of benzene rings is 20. The first-order chi connectivity index (χ1) is 55.5. The van der Waals surface area contributed by atoms with E-state index >= 15 is 0 Å². The van der Waals surface area contributed by atoms with Crippen LogP contribution in [-0.2, 0) is 0 Å². The highest BCUT2D eigenvalue weighted by Crippen LogP contribution is 2.46. The molecular weight excluding hydrogens is 1350 g/mol. The molecule has 0 bridgehead atoms. The third-order valence-corrected chi connectivity index (χ3v) is 24.2. The van der Waals surface area contributed by atoms with Gasteiger partial charge in [-0.15, -0.1) is 0 Å². The quantitative estimate of drug-likeness (QED) is 0.128. The molecule has 112 heavy (non-hydrogen) atoms. The van der Waals surface area contributed by atoms with Crippen molar-refractivity contribution in [2.45, 2.75) is 0 Å². The van der Waals surface area contributed by atoms with Gasteiger partial charge >= 0.3 is 0 Å². The molecule has 20 aromatic carbocycles. The van der Waals surface area contributed by atoms with Crippen molar-refractivity contribution in [3.8, 4) is 78.4 Å². The van der Waals surface area contributed by atoms with Crippen molar-refractivity contribution in [1.29, 1.82) is 0 Å². The largest absolute Gasteiger partial charge is 0.309 e. The molecule has 0 unspecified atom stereocenters. The summed E-state index contributed by atoms with van der Waals surface area (Å²) >= 11 is 0. The van der Waals surface area contributed by atoms with Crippen molar-refractivity contribution in [3.63, 3.8) is 0 Å². The molecule has 0 fully saturated rings. The van der Waals surface area contributed by atoms with Gasteiger partial charge in [-0.1, -0.05) is 261 Å². The van der Waals surface area contributed by atoms with Gasteiger partial charge in [-0.05, 0) is 260 Å². The van der Waals surface area contributed by atoms with Crippen LogP contribution in [0.4, 0.5) is 0 Å². The maximum absolute atomic E-state index is 2.46. The average molecular weight is 1420 g/mol. The van der Waals surface area contributed by atoms with E-state index in [9.17, 15) is 0 Å². The molecule has 4 nitrogen and oxygen atoms in total. The lowest BCUT2D eigenvalue weighted by Gasteiger charge is -2.15. The van der Waals surface area contributed by atoms with Crippen LogP contribution in [0.15, 0.2) is 400 Å². The van der Waals surface area contributed by atoms with Crippen LogP contribution in [-0.4, -0.2) is 18.3 Å². The number of nitrogens with zero attached hydrogens (tertiary/aromatic N) is 4. The zero-order valence-corrected chi connectivity index (χ0v) is 60.9. The minimum absolute atomic E-state index is 1.11. The number of rotatable bonds is 9. The van der Waals surface area contributed by atoms with Crippen LogP contribution in [0.5, 0.6) is 0 Å². The standard InChI is InChI=1S/C108H66N4/c1-2-22-67(23-3-1)74-56-75(68-24-20-26-77(59-68)109-101-40-16-12-36-91(101)97-61-70(44-52-105(97)109)72-46-54-107-99(63-72)93-38-14-18-42-103(93)111(107)79-48-50-89-85-32-6-4-28-81(85)83-30-8-10-34-87(83)95(89)65-79)58-76(57-74)69-25-21-27-78(60-69)110-102-41-17-13-37-92(102)98-62-71(45-53-106(98)110)73-47-55-108-100(64-73)94-39-15-19-43-104(94)112(108)80-49-51-90-86-33-7-5-29-82(86)84-31-9-11-35-88(84)96(90)66-80/h1-66H. The zero-order valence-electron chi connectivity index (χ0n) is 60.9. The van der Waals surface area contributed by atoms with Crippen molar-refractivity contribution in [2.24, 2.45) is 0 Å². The lowest BCUT2D eigenvalue weighted by molar-refractivity contribution is 1.18. The molecule has 4 heteroatoms. The van der Waals surface area contributed by atoms with Crippen molar-refractivity contribution in [1.82, 2.24) is 18.3 Å². The topological polar surface area (TPSA) is 19.7 Å². The van der Waals surface area contributed by atoms with Gasteiger partial charge in [0.2, 0.25) is 0 Å². The molecule has 0 amide bonds. The fourth-order valence-corrected chi connectivity index (χ4v) is 19.2. The Bertz CT molecular complexity index is 7610. The Labute approximate surface area is 644 Å². The first-order valence-corrected chi connectivity index (χ1v) is 38.8. The van der Waals surface area contributed by atoms with Crippen molar-refractivity contribution < 1.29 is 0 Å². The SMILES string of the molecule is c1ccc(-c2cc(-c3cccc(-n4c5ccccc5c5cc(-c6ccc7c(c6)c6ccccc6n7-c6ccc7c8ccccc8c8ccccc8c7c6)ccc54)c3)cc(-c3cccc(-n4c5ccccc5c5cc(-c6ccc7c(c6)c6ccccc6n7-c6ccc7c8ccccc8c8ccccc8c7c6)ccc54)c3)c2)cc1. The van der Waals surface area contributed by atoms with Gasteiger partial charge in [-0.2, -0.15) is 0 Å². The fourth-order valence-electron chi connectivity index (χ4n) is 19.2.